The predicted molar refractivity (Wildman–Crippen MR) is 73.2 cm³/mol. The summed E-state index contributed by atoms with van der Waals surface area (Å²) in [6, 6.07) is 3.01. The van der Waals surface area contributed by atoms with Gasteiger partial charge in [-0.05, 0) is 33.8 Å². The molecule has 1 aromatic rings. The highest BCUT2D eigenvalue weighted by atomic mass is 16.5. The van der Waals surface area contributed by atoms with Gasteiger partial charge in [-0.3, -0.25) is 4.90 Å². The van der Waals surface area contributed by atoms with Crippen molar-refractivity contribution in [2.75, 3.05) is 13.2 Å². The van der Waals surface area contributed by atoms with Gasteiger partial charge in [-0.2, -0.15) is 0 Å². The van der Waals surface area contributed by atoms with Crippen LogP contribution < -0.4 is 5.73 Å². The third-order valence-electron chi connectivity index (χ3n) is 3.10. The van der Waals surface area contributed by atoms with Gasteiger partial charge in [-0.1, -0.05) is 0 Å². The molecule has 0 fully saturated rings. The lowest BCUT2D eigenvalue weighted by Gasteiger charge is -2.30. The summed E-state index contributed by atoms with van der Waals surface area (Å²) >= 11 is 0. The second kappa shape index (κ2) is 7.56. The zero-order valence-corrected chi connectivity index (χ0v) is 12.0. The van der Waals surface area contributed by atoms with Gasteiger partial charge < -0.3 is 14.9 Å². The van der Waals surface area contributed by atoms with E-state index in [9.17, 15) is 0 Å². The maximum atomic E-state index is 5.69. The topological polar surface area (TPSA) is 51.6 Å². The van der Waals surface area contributed by atoms with Crippen LogP contribution in [0.15, 0.2) is 16.7 Å². The number of rotatable bonds is 8. The van der Waals surface area contributed by atoms with Gasteiger partial charge in [0.1, 0.15) is 5.76 Å². The summed E-state index contributed by atoms with van der Waals surface area (Å²) in [5.74, 6) is 0.819. The normalized spacial score (nSPS) is 12.0. The van der Waals surface area contributed by atoms with E-state index in [0.29, 0.717) is 25.2 Å². The standard InChI is InChI=1S/C14H26N2O2/c1-11(2)16(12(3)4)6-8-17-10-13-5-7-18-14(13)9-15/h5,7,11-12H,6,8-10,15H2,1-4H3. The van der Waals surface area contributed by atoms with Gasteiger partial charge in [0.25, 0.3) is 0 Å². The van der Waals surface area contributed by atoms with Gasteiger partial charge in [0, 0.05) is 24.2 Å². The van der Waals surface area contributed by atoms with E-state index in [0.717, 1.165) is 24.5 Å². The summed E-state index contributed by atoms with van der Waals surface area (Å²) in [5.41, 5.74) is 6.62. The van der Waals surface area contributed by atoms with Crippen molar-refractivity contribution in [1.82, 2.24) is 4.90 Å². The fourth-order valence-corrected chi connectivity index (χ4v) is 2.14. The Labute approximate surface area is 110 Å². The fourth-order valence-electron chi connectivity index (χ4n) is 2.14. The lowest BCUT2D eigenvalue weighted by atomic mass is 10.2. The first-order valence-corrected chi connectivity index (χ1v) is 6.65. The molecule has 0 spiro atoms. The van der Waals surface area contributed by atoms with Gasteiger partial charge in [0.05, 0.1) is 26.0 Å². The molecule has 2 N–H and O–H groups in total. The van der Waals surface area contributed by atoms with Crippen LogP contribution in [0.25, 0.3) is 0 Å². The molecule has 0 radical (unpaired) electrons. The predicted octanol–water partition coefficient (Wildman–Crippen LogP) is 2.37. The SMILES string of the molecule is CC(C)N(CCOCc1ccoc1CN)C(C)C. The second-order valence-electron chi connectivity index (χ2n) is 5.05. The molecule has 104 valence electrons. The Bertz CT molecular complexity index is 326. The number of nitrogens with two attached hydrogens (primary N) is 1. The summed E-state index contributed by atoms with van der Waals surface area (Å²) in [4.78, 5) is 2.42. The van der Waals surface area contributed by atoms with Crippen molar-refractivity contribution in [2.24, 2.45) is 5.73 Å². The van der Waals surface area contributed by atoms with E-state index in [4.69, 9.17) is 14.9 Å². The molecule has 0 aliphatic carbocycles. The first-order valence-electron chi connectivity index (χ1n) is 6.65. The first kappa shape index (κ1) is 15.2. The van der Waals surface area contributed by atoms with Crippen LogP contribution in [-0.2, 0) is 17.9 Å². The molecule has 0 aliphatic rings. The number of nitrogens with zero attached hydrogens (tertiary/aromatic N) is 1. The monoisotopic (exact) mass is 254 g/mol. The Morgan fingerprint density at radius 1 is 1.28 bits per heavy atom. The van der Waals surface area contributed by atoms with Crippen molar-refractivity contribution in [2.45, 2.75) is 52.9 Å². The third kappa shape index (κ3) is 4.44. The molecular formula is C14H26N2O2. The lowest BCUT2D eigenvalue weighted by Crippen LogP contribution is -2.39. The first-order chi connectivity index (χ1) is 8.56. The van der Waals surface area contributed by atoms with Gasteiger partial charge in [-0.15, -0.1) is 0 Å². The number of hydrogen-bond acceptors (Lipinski definition) is 4. The Balaban J connectivity index is 2.30. The highest BCUT2D eigenvalue weighted by Crippen LogP contribution is 2.11. The van der Waals surface area contributed by atoms with Crippen LogP contribution in [0.1, 0.15) is 39.0 Å². The summed E-state index contributed by atoms with van der Waals surface area (Å²) in [7, 11) is 0. The molecule has 0 aliphatic heterocycles. The van der Waals surface area contributed by atoms with Crippen molar-refractivity contribution in [3.8, 4) is 0 Å². The quantitative estimate of drug-likeness (QED) is 0.724. The van der Waals surface area contributed by atoms with E-state index in [2.05, 4.69) is 32.6 Å². The Morgan fingerprint density at radius 2 is 1.94 bits per heavy atom. The molecular weight excluding hydrogens is 228 g/mol. The van der Waals surface area contributed by atoms with Crippen LogP contribution in [0.5, 0.6) is 0 Å². The van der Waals surface area contributed by atoms with Crippen molar-refractivity contribution in [3.63, 3.8) is 0 Å². The van der Waals surface area contributed by atoms with Gasteiger partial charge in [0.2, 0.25) is 0 Å². The molecule has 4 heteroatoms. The van der Waals surface area contributed by atoms with E-state index in [-0.39, 0.29) is 0 Å². The molecule has 0 atom stereocenters. The second-order valence-corrected chi connectivity index (χ2v) is 5.05. The van der Waals surface area contributed by atoms with E-state index < -0.39 is 0 Å². The lowest BCUT2D eigenvalue weighted by molar-refractivity contribution is 0.0693. The van der Waals surface area contributed by atoms with E-state index >= 15 is 0 Å². The molecule has 1 rings (SSSR count). The fraction of sp³-hybridized carbons (Fsp3) is 0.714. The molecule has 0 saturated heterocycles. The summed E-state index contributed by atoms with van der Waals surface area (Å²) in [6.07, 6.45) is 1.66. The van der Waals surface area contributed by atoms with Crippen molar-refractivity contribution < 1.29 is 9.15 Å². The van der Waals surface area contributed by atoms with Crippen LogP contribution in [0.3, 0.4) is 0 Å². The Hall–Kier alpha value is -0.840. The highest BCUT2D eigenvalue weighted by Gasteiger charge is 2.12. The van der Waals surface area contributed by atoms with Crippen molar-refractivity contribution in [1.29, 1.82) is 0 Å². The van der Waals surface area contributed by atoms with Gasteiger partial charge in [-0.25, -0.2) is 0 Å². The highest BCUT2D eigenvalue weighted by molar-refractivity contribution is 5.15. The minimum atomic E-state index is 0.426. The van der Waals surface area contributed by atoms with E-state index in [1.54, 1.807) is 6.26 Å². The zero-order chi connectivity index (χ0) is 13.5. The molecule has 18 heavy (non-hydrogen) atoms. The largest absolute Gasteiger partial charge is 0.468 e. The molecule has 0 aromatic carbocycles. The van der Waals surface area contributed by atoms with Gasteiger partial charge >= 0.3 is 0 Å². The number of hydrogen-bond donors (Lipinski definition) is 1. The average molecular weight is 254 g/mol. The van der Waals surface area contributed by atoms with Crippen LogP contribution in [0.2, 0.25) is 0 Å². The van der Waals surface area contributed by atoms with E-state index in [1.807, 2.05) is 6.07 Å². The van der Waals surface area contributed by atoms with Crippen LogP contribution in [0.4, 0.5) is 0 Å². The minimum Gasteiger partial charge on any atom is -0.468 e. The maximum absolute atomic E-state index is 5.69. The molecule has 1 aromatic heterocycles. The Morgan fingerprint density at radius 3 is 2.50 bits per heavy atom. The molecule has 0 saturated carbocycles. The molecule has 0 unspecified atom stereocenters. The average Bonchev–Trinajstić information content (AvgIpc) is 2.75. The van der Waals surface area contributed by atoms with Crippen molar-refractivity contribution >= 4 is 0 Å². The van der Waals surface area contributed by atoms with Crippen LogP contribution in [-0.4, -0.2) is 30.1 Å². The zero-order valence-electron chi connectivity index (χ0n) is 12.0. The maximum Gasteiger partial charge on any atom is 0.122 e. The van der Waals surface area contributed by atoms with Gasteiger partial charge in [0.15, 0.2) is 0 Å². The molecule has 0 bridgehead atoms. The van der Waals surface area contributed by atoms with Crippen LogP contribution >= 0.6 is 0 Å². The molecule has 4 nitrogen and oxygen atoms in total. The number of ether oxygens (including phenoxy) is 1. The molecule has 0 amide bonds. The smallest absolute Gasteiger partial charge is 0.122 e. The summed E-state index contributed by atoms with van der Waals surface area (Å²) < 4.78 is 10.9. The van der Waals surface area contributed by atoms with Crippen molar-refractivity contribution in [3.05, 3.63) is 23.7 Å². The summed E-state index contributed by atoms with van der Waals surface area (Å²) in [5, 5.41) is 0. The Kier molecular flexibility index (Phi) is 6.39. The van der Waals surface area contributed by atoms with Crippen LogP contribution in [0, 0.1) is 0 Å². The third-order valence-corrected chi connectivity index (χ3v) is 3.10. The summed E-state index contributed by atoms with van der Waals surface area (Å²) in [6.45, 7) is 11.5. The number of furan rings is 1. The molecule has 1 heterocycles. The minimum absolute atomic E-state index is 0.426. The van der Waals surface area contributed by atoms with E-state index in [1.165, 1.54) is 0 Å².